The van der Waals surface area contributed by atoms with Gasteiger partial charge in [0.1, 0.15) is 23.7 Å². The third-order valence-corrected chi connectivity index (χ3v) is 11.5. The molecule has 0 saturated carbocycles. The lowest BCUT2D eigenvalue weighted by Gasteiger charge is -2.37. The molecule has 8 heteroatoms. The number of aliphatic hydroxyl groups excluding tert-OH is 1. The Morgan fingerprint density at radius 2 is 1.91 bits per heavy atom. The van der Waals surface area contributed by atoms with Crippen molar-refractivity contribution in [1.29, 1.82) is 0 Å². The Kier molecular flexibility index (Phi) is 8.99. The number of cyclic esters (lactones) is 1. The second kappa shape index (κ2) is 10.9. The van der Waals surface area contributed by atoms with Gasteiger partial charge in [0.25, 0.3) is 8.32 Å². The van der Waals surface area contributed by atoms with Gasteiger partial charge in [-0.1, -0.05) is 32.4 Å². The van der Waals surface area contributed by atoms with E-state index in [1.807, 2.05) is 19.9 Å². The molecule has 190 valence electrons. The summed E-state index contributed by atoms with van der Waals surface area (Å²) in [7, 11) is -0.701. The van der Waals surface area contributed by atoms with Gasteiger partial charge in [0.05, 0.1) is 13.5 Å². The lowest BCUT2D eigenvalue weighted by Crippen LogP contribution is -2.44. The fraction of sp³-hybridized carbons (Fsp3) is 0.615. The van der Waals surface area contributed by atoms with Crippen molar-refractivity contribution in [3.8, 4) is 11.5 Å². The van der Waals surface area contributed by atoms with Crippen LogP contribution in [0.3, 0.4) is 0 Å². The van der Waals surface area contributed by atoms with E-state index in [4.69, 9.17) is 13.9 Å². The molecule has 7 nitrogen and oxygen atoms in total. The molecule has 1 aliphatic rings. The first-order valence-electron chi connectivity index (χ1n) is 11.8. The molecular formula is C26H40O7Si. The van der Waals surface area contributed by atoms with E-state index in [0.29, 0.717) is 36.3 Å². The van der Waals surface area contributed by atoms with Gasteiger partial charge in [-0.3, -0.25) is 4.79 Å². The number of carboxylic acids is 1. The van der Waals surface area contributed by atoms with Crippen molar-refractivity contribution >= 4 is 20.3 Å². The Hall–Kier alpha value is -2.32. The predicted molar refractivity (Wildman–Crippen MR) is 134 cm³/mol. The lowest BCUT2D eigenvalue weighted by atomic mass is 9.89. The molecule has 0 amide bonds. The van der Waals surface area contributed by atoms with E-state index in [1.54, 1.807) is 7.11 Å². The van der Waals surface area contributed by atoms with Gasteiger partial charge in [-0.05, 0) is 62.7 Å². The molecule has 0 aliphatic carbocycles. The maximum atomic E-state index is 12.8. The number of benzene rings is 1. The van der Waals surface area contributed by atoms with E-state index >= 15 is 0 Å². The highest BCUT2D eigenvalue weighted by atomic mass is 28.4. The number of aliphatic hydroxyl groups is 1. The highest BCUT2D eigenvalue weighted by Crippen LogP contribution is 2.46. The highest BCUT2D eigenvalue weighted by molar-refractivity contribution is 6.74. The number of fused-ring (bicyclic) bond motifs is 1. The molecule has 2 rings (SSSR count). The van der Waals surface area contributed by atoms with Crippen LogP contribution in [0, 0.1) is 12.8 Å². The Labute approximate surface area is 204 Å². The zero-order valence-corrected chi connectivity index (χ0v) is 22.8. The van der Waals surface area contributed by atoms with Crippen molar-refractivity contribution in [2.24, 2.45) is 5.92 Å². The van der Waals surface area contributed by atoms with E-state index in [0.717, 1.165) is 22.3 Å². The van der Waals surface area contributed by atoms with Gasteiger partial charge in [-0.2, -0.15) is 0 Å². The summed E-state index contributed by atoms with van der Waals surface area (Å²) in [5.74, 6) is -0.240. The molecule has 0 fully saturated rings. The third kappa shape index (κ3) is 6.02. The highest BCUT2D eigenvalue weighted by Gasteiger charge is 2.42. The normalized spacial score (nSPS) is 15.1. The fourth-order valence-corrected chi connectivity index (χ4v) is 5.04. The van der Waals surface area contributed by atoms with Crippen LogP contribution in [-0.4, -0.2) is 44.2 Å². The summed E-state index contributed by atoms with van der Waals surface area (Å²) in [5, 5.41) is 18.5. The van der Waals surface area contributed by atoms with Crippen LogP contribution in [0.4, 0.5) is 0 Å². The number of carboxylic acid groups (broad SMARTS) is 1. The number of esters is 1. The molecule has 0 saturated heterocycles. The van der Waals surface area contributed by atoms with Crippen molar-refractivity contribution in [2.45, 2.75) is 85.0 Å². The van der Waals surface area contributed by atoms with Gasteiger partial charge in [-0.15, -0.1) is 0 Å². The average Bonchev–Trinajstić information content (AvgIpc) is 3.12. The van der Waals surface area contributed by atoms with Gasteiger partial charge in [-0.25, -0.2) is 4.79 Å². The molecule has 1 aromatic carbocycles. The van der Waals surface area contributed by atoms with Crippen molar-refractivity contribution in [3.05, 3.63) is 33.9 Å². The first kappa shape index (κ1) is 27.9. The van der Waals surface area contributed by atoms with E-state index in [1.165, 1.54) is 0 Å². The Bertz CT molecular complexity index is 957. The zero-order chi connectivity index (χ0) is 25.8. The molecule has 34 heavy (non-hydrogen) atoms. The molecule has 1 aromatic rings. The van der Waals surface area contributed by atoms with Gasteiger partial charge in [0.2, 0.25) is 0 Å². The summed E-state index contributed by atoms with van der Waals surface area (Å²) in [4.78, 5) is 24.2. The maximum Gasteiger partial charge on any atom is 0.342 e. The summed E-state index contributed by atoms with van der Waals surface area (Å²) in [6, 6.07) is 0. The van der Waals surface area contributed by atoms with Crippen molar-refractivity contribution < 1.29 is 33.7 Å². The molecular weight excluding hydrogens is 452 g/mol. The summed E-state index contributed by atoms with van der Waals surface area (Å²) in [6.07, 6.45) is 3.55. The second-order valence-corrected chi connectivity index (χ2v) is 15.3. The van der Waals surface area contributed by atoms with Crippen LogP contribution in [0.25, 0.3) is 0 Å². The smallest absolute Gasteiger partial charge is 0.342 e. The molecule has 2 N–H and O–H groups in total. The van der Waals surface area contributed by atoms with Crippen molar-refractivity contribution in [2.75, 3.05) is 13.7 Å². The Morgan fingerprint density at radius 3 is 2.44 bits per heavy atom. The summed E-state index contributed by atoms with van der Waals surface area (Å²) >= 11 is 0. The number of carbonyl (C=O) groups is 2. The summed E-state index contributed by atoms with van der Waals surface area (Å²) in [6.45, 7) is 14.8. The summed E-state index contributed by atoms with van der Waals surface area (Å²) in [5.41, 5.74) is 3.84. The molecule has 1 unspecified atom stereocenters. The van der Waals surface area contributed by atoms with Crippen LogP contribution in [0.15, 0.2) is 11.6 Å². The SMILES string of the molecule is COc1c(C)c2c(c(O[Si](C)(C)C(C)(C)C)c1CC=C(C)C(CCCO)CC(=O)O)C(=O)OC2. The molecule has 0 radical (unpaired) electrons. The first-order valence-corrected chi connectivity index (χ1v) is 14.7. The molecule has 0 bridgehead atoms. The fourth-order valence-electron chi connectivity index (χ4n) is 4.00. The largest absolute Gasteiger partial charge is 0.543 e. The molecule has 1 heterocycles. The van der Waals surface area contributed by atoms with Gasteiger partial charge >= 0.3 is 11.9 Å². The minimum absolute atomic E-state index is 0.00232. The molecule has 0 aromatic heterocycles. The van der Waals surface area contributed by atoms with E-state index in [9.17, 15) is 19.8 Å². The van der Waals surface area contributed by atoms with Gasteiger partial charge < -0.3 is 24.1 Å². The minimum atomic E-state index is -2.31. The topological polar surface area (TPSA) is 102 Å². The number of carbonyl (C=O) groups excluding carboxylic acids is 1. The number of aliphatic carboxylic acids is 1. The quantitative estimate of drug-likeness (QED) is 0.242. The van der Waals surface area contributed by atoms with Crippen LogP contribution in [-0.2, 0) is 22.6 Å². The zero-order valence-electron chi connectivity index (χ0n) is 21.8. The monoisotopic (exact) mass is 492 g/mol. The maximum absolute atomic E-state index is 12.8. The third-order valence-electron chi connectivity index (χ3n) is 7.19. The van der Waals surface area contributed by atoms with Gasteiger partial charge in [0.15, 0.2) is 0 Å². The van der Waals surface area contributed by atoms with Crippen molar-refractivity contribution in [3.63, 3.8) is 0 Å². The van der Waals surface area contributed by atoms with E-state index in [2.05, 4.69) is 33.9 Å². The van der Waals surface area contributed by atoms with Crippen LogP contribution in [0.1, 0.15) is 74.0 Å². The number of hydrogen-bond acceptors (Lipinski definition) is 6. The number of allylic oxidation sites excluding steroid dienone is 2. The van der Waals surface area contributed by atoms with Crippen molar-refractivity contribution in [1.82, 2.24) is 0 Å². The van der Waals surface area contributed by atoms with E-state index in [-0.39, 0.29) is 36.6 Å². The number of hydrogen-bond donors (Lipinski definition) is 2. The Morgan fingerprint density at radius 1 is 1.26 bits per heavy atom. The summed E-state index contributed by atoms with van der Waals surface area (Å²) < 4.78 is 17.9. The molecule has 1 aliphatic heterocycles. The number of ether oxygens (including phenoxy) is 2. The predicted octanol–water partition coefficient (Wildman–Crippen LogP) is 5.41. The Balaban J connectivity index is 2.63. The first-order chi connectivity index (χ1) is 15.7. The number of methoxy groups -OCH3 is 1. The van der Waals surface area contributed by atoms with Gasteiger partial charge in [0, 0.05) is 17.7 Å². The average molecular weight is 493 g/mol. The lowest BCUT2D eigenvalue weighted by molar-refractivity contribution is -0.137. The van der Waals surface area contributed by atoms with E-state index < -0.39 is 14.3 Å². The minimum Gasteiger partial charge on any atom is -0.543 e. The standard InChI is InChI=1S/C26H40O7Si/c1-16(18(10-9-13-27)14-21(28)29)11-12-19-23(31-6)17(2)20-15-32-25(30)22(20)24(19)33-34(7,8)26(3,4)5/h11,18,27H,9-10,12-15H2,1-8H3,(H,28,29). The number of rotatable bonds is 11. The van der Waals surface area contributed by atoms with Crippen LogP contribution < -0.4 is 9.16 Å². The van der Waals surface area contributed by atoms with Crippen LogP contribution >= 0.6 is 0 Å². The second-order valence-electron chi connectivity index (χ2n) is 10.6. The van der Waals surface area contributed by atoms with Crippen LogP contribution in [0.5, 0.6) is 11.5 Å². The van der Waals surface area contributed by atoms with Crippen LogP contribution in [0.2, 0.25) is 18.1 Å². The molecule has 0 spiro atoms. The molecule has 1 atom stereocenters.